The number of alkyl halides is 3. The number of thioether (sulfide) groups is 1. The molecular formula is C12H22F3NO2S. The molecule has 1 saturated carbocycles. The van der Waals surface area contributed by atoms with Crippen LogP contribution in [0.1, 0.15) is 32.1 Å². The van der Waals surface area contributed by atoms with Crippen molar-refractivity contribution in [3.63, 3.8) is 0 Å². The summed E-state index contributed by atoms with van der Waals surface area (Å²) in [6.45, 7) is 0.750. The SMILES string of the molecule is OC(CNCCSC(F)(F)F)COC1CCCCC1. The van der Waals surface area contributed by atoms with Crippen molar-refractivity contribution in [3.8, 4) is 0 Å². The minimum Gasteiger partial charge on any atom is -0.389 e. The summed E-state index contributed by atoms with van der Waals surface area (Å²) in [4.78, 5) is 0. The number of nitrogens with one attached hydrogen (secondary N) is 1. The van der Waals surface area contributed by atoms with Crippen LogP contribution >= 0.6 is 11.8 Å². The van der Waals surface area contributed by atoms with Crippen molar-refractivity contribution < 1.29 is 23.0 Å². The average molecular weight is 301 g/mol. The second kappa shape index (κ2) is 9.05. The molecule has 0 spiro atoms. The molecule has 0 aliphatic heterocycles. The van der Waals surface area contributed by atoms with Gasteiger partial charge in [0, 0.05) is 18.8 Å². The smallest absolute Gasteiger partial charge is 0.389 e. The lowest BCUT2D eigenvalue weighted by Crippen LogP contribution is -2.33. The molecule has 0 aromatic rings. The van der Waals surface area contributed by atoms with Crippen molar-refractivity contribution in [1.29, 1.82) is 0 Å². The highest BCUT2D eigenvalue weighted by molar-refractivity contribution is 8.00. The molecule has 2 N–H and O–H groups in total. The van der Waals surface area contributed by atoms with Crippen LogP contribution in [0.3, 0.4) is 0 Å². The quantitative estimate of drug-likeness (QED) is 0.676. The van der Waals surface area contributed by atoms with E-state index in [1.54, 1.807) is 0 Å². The molecule has 3 nitrogen and oxygen atoms in total. The summed E-state index contributed by atoms with van der Waals surface area (Å²) in [5, 5.41) is 12.4. The summed E-state index contributed by atoms with van der Waals surface area (Å²) < 4.78 is 41.1. The number of hydrogen-bond donors (Lipinski definition) is 2. The van der Waals surface area contributed by atoms with Gasteiger partial charge in [0.15, 0.2) is 0 Å². The molecule has 1 rings (SSSR count). The Hall–Kier alpha value is 0.0200. The summed E-state index contributed by atoms with van der Waals surface area (Å²) in [6, 6.07) is 0. The van der Waals surface area contributed by atoms with Crippen LogP contribution < -0.4 is 5.32 Å². The van der Waals surface area contributed by atoms with E-state index in [0.717, 1.165) is 12.8 Å². The molecule has 0 amide bonds. The molecule has 1 unspecified atom stereocenters. The Morgan fingerprint density at radius 3 is 2.58 bits per heavy atom. The first-order chi connectivity index (χ1) is 8.97. The highest BCUT2D eigenvalue weighted by Gasteiger charge is 2.27. The third-order valence-electron chi connectivity index (χ3n) is 3.00. The van der Waals surface area contributed by atoms with E-state index in [-0.39, 0.29) is 43.3 Å². The molecule has 0 aromatic heterocycles. The molecule has 0 saturated heterocycles. The summed E-state index contributed by atoms with van der Waals surface area (Å²) in [6.07, 6.45) is 5.27. The predicted octanol–water partition coefficient (Wildman–Crippen LogP) is 2.54. The third kappa shape index (κ3) is 9.54. The number of hydrogen-bond acceptors (Lipinski definition) is 4. The zero-order valence-corrected chi connectivity index (χ0v) is 11.7. The molecular weight excluding hydrogens is 279 g/mol. The van der Waals surface area contributed by atoms with E-state index in [9.17, 15) is 18.3 Å². The van der Waals surface area contributed by atoms with E-state index in [1.165, 1.54) is 19.3 Å². The fourth-order valence-corrected chi connectivity index (χ4v) is 2.52. The van der Waals surface area contributed by atoms with Crippen LogP contribution in [0.25, 0.3) is 0 Å². The van der Waals surface area contributed by atoms with Gasteiger partial charge in [-0.2, -0.15) is 13.2 Å². The van der Waals surface area contributed by atoms with Gasteiger partial charge in [-0.3, -0.25) is 0 Å². The second-order valence-corrected chi connectivity index (χ2v) is 5.91. The van der Waals surface area contributed by atoms with Crippen LogP contribution in [0.15, 0.2) is 0 Å². The van der Waals surface area contributed by atoms with Crippen LogP contribution in [0.5, 0.6) is 0 Å². The lowest BCUT2D eigenvalue weighted by molar-refractivity contribution is -0.0328. The maximum atomic E-state index is 11.8. The van der Waals surface area contributed by atoms with Crippen LogP contribution in [-0.4, -0.2) is 48.3 Å². The maximum Gasteiger partial charge on any atom is 0.441 e. The Kier molecular flexibility index (Phi) is 8.13. The van der Waals surface area contributed by atoms with Crippen molar-refractivity contribution >= 4 is 11.8 Å². The highest BCUT2D eigenvalue weighted by atomic mass is 32.2. The molecule has 1 atom stereocenters. The van der Waals surface area contributed by atoms with Crippen LogP contribution in [0, 0.1) is 0 Å². The zero-order chi connectivity index (χ0) is 14.1. The molecule has 1 aliphatic rings. The molecule has 1 fully saturated rings. The van der Waals surface area contributed by atoms with Gasteiger partial charge in [0.05, 0.1) is 18.8 Å². The number of aliphatic hydroxyl groups is 1. The molecule has 0 radical (unpaired) electrons. The average Bonchev–Trinajstić information content (AvgIpc) is 2.36. The first kappa shape index (κ1) is 17.1. The standard InChI is InChI=1S/C12H22F3NO2S/c13-12(14,15)19-7-6-16-8-10(17)9-18-11-4-2-1-3-5-11/h10-11,16-17H,1-9H2. The monoisotopic (exact) mass is 301 g/mol. The molecule has 114 valence electrons. The Morgan fingerprint density at radius 1 is 1.26 bits per heavy atom. The lowest BCUT2D eigenvalue weighted by atomic mass is 9.98. The number of halogens is 3. The van der Waals surface area contributed by atoms with E-state index in [0.29, 0.717) is 0 Å². The first-order valence-corrected chi connectivity index (χ1v) is 7.67. The van der Waals surface area contributed by atoms with Gasteiger partial charge in [0.25, 0.3) is 0 Å². The molecule has 1 aliphatic carbocycles. The van der Waals surface area contributed by atoms with Gasteiger partial charge < -0.3 is 15.2 Å². The Balaban J connectivity index is 1.94. The van der Waals surface area contributed by atoms with Crippen molar-refractivity contribution in [2.45, 2.75) is 49.8 Å². The topological polar surface area (TPSA) is 41.5 Å². The first-order valence-electron chi connectivity index (χ1n) is 6.68. The van der Waals surface area contributed by atoms with Gasteiger partial charge in [0.2, 0.25) is 0 Å². The summed E-state index contributed by atoms with van der Waals surface area (Å²) in [5.74, 6) is -0.0420. The minimum atomic E-state index is -4.18. The Labute approximate surface area is 116 Å². The zero-order valence-electron chi connectivity index (χ0n) is 10.9. The van der Waals surface area contributed by atoms with Gasteiger partial charge in [-0.1, -0.05) is 19.3 Å². The summed E-state index contributed by atoms with van der Waals surface area (Å²) in [5.41, 5.74) is -4.18. The van der Waals surface area contributed by atoms with Crippen LogP contribution in [0.4, 0.5) is 13.2 Å². The van der Waals surface area contributed by atoms with Gasteiger partial charge in [-0.25, -0.2) is 0 Å². The van der Waals surface area contributed by atoms with Crippen LogP contribution in [-0.2, 0) is 4.74 Å². The van der Waals surface area contributed by atoms with E-state index in [2.05, 4.69) is 5.32 Å². The van der Waals surface area contributed by atoms with E-state index in [1.807, 2.05) is 0 Å². The van der Waals surface area contributed by atoms with Crippen LogP contribution in [0.2, 0.25) is 0 Å². The molecule has 19 heavy (non-hydrogen) atoms. The van der Waals surface area contributed by atoms with Crippen molar-refractivity contribution in [2.24, 2.45) is 0 Å². The summed E-state index contributed by atoms with van der Waals surface area (Å²) in [7, 11) is 0. The summed E-state index contributed by atoms with van der Waals surface area (Å²) >= 11 is -0.0541. The van der Waals surface area contributed by atoms with E-state index in [4.69, 9.17) is 4.74 Å². The van der Waals surface area contributed by atoms with Gasteiger partial charge in [0.1, 0.15) is 0 Å². The largest absolute Gasteiger partial charge is 0.441 e. The van der Waals surface area contributed by atoms with Crippen molar-refractivity contribution in [1.82, 2.24) is 5.32 Å². The van der Waals surface area contributed by atoms with Crippen molar-refractivity contribution in [2.75, 3.05) is 25.4 Å². The molecule has 0 heterocycles. The fourth-order valence-electron chi connectivity index (χ4n) is 2.05. The normalized spacial score (nSPS) is 19.6. The van der Waals surface area contributed by atoms with Gasteiger partial charge in [-0.05, 0) is 24.6 Å². The van der Waals surface area contributed by atoms with E-state index >= 15 is 0 Å². The number of aliphatic hydroxyl groups excluding tert-OH is 1. The molecule has 0 bridgehead atoms. The fraction of sp³-hybridized carbons (Fsp3) is 1.00. The van der Waals surface area contributed by atoms with Gasteiger partial charge in [-0.15, -0.1) is 0 Å². The van der Waals surface area contributed by atoms with Crippen molar-refractivity contribution in [3.05, 3.63) is 0 Å². The van der Waals surface area contributed by atoms with E-state index < -0.39 is 11.6 Å². The minimum absolute atomic E-state index is 0.0420. The Morgan fingerprint density at radius 2 is 1.95 bits per heavy atom. The second-order valence-electron chi connectivity index (χ2n) is 4.75. The molecule has 0 aromatic carbocycles. The third-order valence-corrected chi connectivity index (χ3v) is 3.74. The molecule has 7 heteroatoms. The predicted molar refractivity (Wildman–Crippen MR) is 70.2 cm³/mol. The Bertz CT molecular complexity index is 236. The number of ether oxygens (including phenoxy) is 1. The lowest BCUT2D eigenvalue weighted by Gasteiger charge is -2.23. The highest BCUT2D eigenvalue weighted by Crippen LogP contribution is 2.29. The maximum absolute atomic E-state index is 11.8. The van der Waals surface area contributed by atoms with Gasteiger partial charge >= 0.3 is 5.51 Å². The number of rotatable bonds is 8.